The van der Waals surface area contributed by atoms with E-state index in [-0.39, 0.29) is 18.1 Å². The van der Waals surface area contributed by atoms with Crippen LogP contribution in [-0.2, 0) is 16.8 Å². The highest BCUT2D eigenvalue weighted by Gasteiger charge is 2.43. The van der Waals surface area contributed by atoms with E-state index in [1.165, 1.54) is 24.0 Å². The fourth-order valence-electron chi connectivity index (χ4n) is 5.39. The molecule has 2 aromatic rings. The molecular weight excluding hydrogens is 394 g/mol. The summed E-state index contributed by atoms with van der Waals surface area (Å²) >= 11 is 0. The van der Waals surface area contributed by atoms with Crippen LogP contribution in [0, 0.1) is 0 Å². The van der Waals surface area contributed by atoms with Gasteiger partial charge >= 0.3 is 0 Å². The topological polar surface area (TPSA) is 57.2 Å². The smallest absolute Gasteiger partial charge is 0.246 e. The lowest BCUT2D eigenvalue weighted by molar-refractivity contribution is -0.128. The van der Waals surface area contributed by atoms with Gasteiger partial charge in [-0.05, 0) is 59.9 Å². The molecule has 0 saturated heterocycles. The second kappa shape index (κ2) is 7.22. The van der Waals surface area contributed by atoms with E-state index in [9.17, 15) is 4.79 Å². The molecule has 1 fully saturated rings. The number of carbonyl (C=O) groups is 1. The van der Waals surface area contributed by atoms with Gasteiger partial charge in [0.15, 0.2) is 23.0 Å². The Kier molecular flexibility index (Phi) is 4.33. The predicted octanol–water partition coefficient (Wildman–Crippen LogP) is 4.05. The van der Waals surface area contributed by atoms with Crippen molar-refractivity contribution in [1.29, 1.82) is 0 Å². The lowest BCUT2D eigenvalue weighted by Crippen LogP contribution is -2.46. The van der Waals surface area contributed by atoms with Crippen molar-refractivity contribution < 1.29 is 23.7 Å². The fraction of sp³-hybridized carbons (Fsp3) is 0.400. The van der Waals surface area contributed by atoms with Crippen LogP contribution in [0.5, 0.6) is 23.0 Å². The van der Waals surface area contributed by atoms with Crippen molar-refractivity contribution in [2.24, 2.45) is 0 Å². The van der Waals surface area contributed by atoms with E-state index < -0.39 is 0 Å². The van der Waals surface area contributed by atoms with Crippen molar-refractivity contribution in [3.05, 3.63) is 53.1 Å². The minimum atomic E-state index is 0.0195. The Morgan fingerprint density at radius 2 is 1.65 bits per heavy atom. The normalized spacial score (nSPS) is 20.3. The summed E-state index contributed by atoms with van der Waals surface area (Å²) in [4.78, 5) is 15.2. The summed E-state index contributed by atoms with van der Waals surface area (Å²) < 4.78 is 22.5. The lowest BCUT2D eigenvalue weighted by atomic mass is 9.73. The molecule has 1 saturated carbocycles. The maximum Gasteiger partial charge on any atom is 0.246 e. The van der Waals surface area contributed by atoms with Crippen molar-refractivity contribution in [3.63, 3.8) is 0 Å². The first-order valence-corrected chi connectivity index (χ1v) is 11.0. The molecule has 0 atom stereocenters. The molecule has 6 nitrogen and oxygen atoms in total. The Morgan fingerprint density at radius 3 is 2.48 bits per heavy atom. The van der Waals surface area contributed by atoms with Gasteiger partial charge in [0.1, 0.15) is 13.2 Å². The third kappa shape index (κ3) is 3.21. The average Bonchev–Trinajstić information content (AvgIpc) is 3.46. The number of benzene rings is 2. The van der Waals surface area contributed by atoms with Crippen LogP contribution in [0.2, 0.25) is 0 Å². The summed E-state index contributed by atoms with van der Waals surface area (Å²) in [6, 6.07) is 9.98. The zero-order valence-electron chi connectivity index (χ0n) is 17.4. The Balaban J connectivity index is 1.28. The van der Waals surface area contributed by atoms with Crippen molar-refractivity contribution in [3.8, 4) is 23.0 Å². The third-order valence-electron chi connectivity index (χ3n) is 6.88. The largest absolute Gasteiger partial charge is 0.486 e. The quantitative estimate of drug-likeness (QED) is 0.688. The Hall–Kier alpha value is -3.15. The number of rotatable bonds is 2. The van der Waals surface area contributed by atoms with Gasteiger partial charge in [-0.1, -0.05) is 18.9 Å². The fourth-order valence-corrected chi connectivity index (χ4v) is 5.39. The number of fused-ring (bicyclic) bond motifs is 4. The highest BCUT2D eigenvalue weighted by atomic mass is 16.7. The summed E-state index contributed by atoms with van der Waals surface area (Å²) in [5.74, 6) is 3.14. The molecule has 0 unspecified atom stereocenters. The maximum atomic E-state index is 13.2. The maximum absolute atomic E-state index is 13.2. The van der Waals surface area contributed by atoms with Gasteiger partial charge in [-0.3, -0.25) is 4.79 Å². The molecule has 6 heteroatoms. The number of ether oxygens (including phenoxy) is 4. The Morgan fingerprint density at radius 1 is 0.903 bits per heavy atom. The van der Waals surface area contributed by atoms with Crippen LogP contribution in [0.3, 0.4) is 0 Å². The van der Waals surface area contributed by atoms with E-state index in [0.717, 1.165) is 47.9 Å². The monoisotopic (exact) mass is 419 g/mol. The van der Waals surface area contributed by atoms with Crippen LogP contribution in [0.1, 0.15) is 42.4 Å². The van der Waals surface area contributed by atoms with E-state index >= 15 is 0 Å². The molecule has 4 aliphatic rings. The van der Waals surface area contributed by atoms with Crippen molar-refractivity contribution in [2.45, 2.75) is 37.6 Å². The molecule has 160 valence electrons. The second-order valence-corrected chi connectivity index (χ2v) is 8.78. The number of carbonyl (C=O) groups excluding carboxylic acids is 1. The first-order valence-electron chi connectivity index (χ1n) is 11.0. The Bertz CT molecular complexity index is 1070. The van der Waals surface area contributed by atoms with Crippen LogP contribution in [0.25, 0.3) is 6.08 Å². The number of nitrogens with zero attached hydrogens (tertiary/aromatic N) is 1. The van der Waals surface area contributed by atoms with Crippen LogP contribution < -0.4 is 18.9 Å². The second-order valence-electron chi connectivity index (χ2n) is 8.78. The van der Waals surface area contributed by atoms with Crippen LogP contribution in [0.15, 0.2) is 36.4 Å². The molecule has 31 heavy (non-hydrogen) atoms. The summed E-state index contributed by atoms with van der Waals surface area (Å²) in [6.07, 6.45) is 8.13. The first kappa shape index (κ1) is 18.6. The van der Waals surface area contributed by atoms with Crippen molar-refractivity contribution in [2.75, 3.05) is 26.6 Å². The van der Waals surface area contributed by atoms with Crippen LogP contribution in [0.4, 0.5) is 0 Å². The summed E-state index contributed by atoms with van der Waals surface area (Å²) in [5.41, 5.74) is 3.47. The molecule has 6 rings (SSSR count). The molecule has 1 aliphatic carbocycles. The number of amides is 1. The molecule has 2 aromatic carbocycles. The van der Waals surface area contributed by atoms with E-state index in [2.05, 4.69) is 12.1 Å². The molecular formula is C25H25NO5. The minimum absolute atomic E-state index is 0.0195. The van der Waals surface area contributed by atoms with E-state index in [4.69, 9.17) is 18.9 Å². The highest BCUT2D eigenvalue weighted by molar-refractivity contribution is 5.92. The molecule has 0 N–H and O–H groups in total. The van der Waals surface area contributed by atoms with E-state index in [0.29, 0.717) is 19.8 Å². The number of hydrogen-bond acceptors (Lipinski definition) is 5. The molecule has 0 aromatic heterocycles. The van der Waals surface area contributed by atoms with Crippen molar-refractivity contribution >= 4 is 12.0 Å². The molecule has 1 amide bonds. The van der Waals surface area contributed by atoms with Gasteiger partial charge in [0.25, 0.3) is 0 Å². The van der Waals surface area contributed by atoms with Gasteiger partial charge in [0.05, 0.1) is 0 Å². The van der Waals surface area contributed by atoms with Gasteiger partial charge in [-0.2, -0.15) is 0 Å². The van der Waals surface area contributed by atoms with Gasteiger partial charge in [-0.25, -0.2) is 0 Å². The molecule has 1 spiro atoms. The Labute approximate surface area is 181 Å². The molecule has 0 radical (unpaired) electrons. The average molecular weight is 419 g/mol. The zero-order chi connectivity index (χ0) is 20.8. The van der Waals surface area contributed by atoms with Crippen LogP contribution in [-0.4, -0.2) is 37.4 Å². The summed E-state index contributed by atoms with van der Waals surface area (Å²) in [5, 5.41) is 0. The van der Waals surface area contributed by atoms with E-state index in [1.807, 2.05) is 29.2 Å². The zero-order valence-corrected chi connectivity index (χ0v) is 17.4. The standard InChI is InChI=1S/C25H25NO5/c27-24(6-4-17-3-5-20-21(11-17)31-16-30-20)26-14-18-12-22-23(29-10-9-28-22)13-19(18)25(15-26)7-1-2-8-25/h3-6,11-13H,1-2,7-10,14-16H2/b6-4+. The van der Waals surface area contributed by atoms with Gasteiger partial charge in [-0.15, -0.1) is 0 Å². The predicted molar refractivity (Wildman–Crippen MR) is 115 cm³/mol. The van der Waals surface area contributed by atoms with Gasteiger partial charge in [0.2, 0.25) is 12.7 Å². The first-order chi connectivity index (χ1) is 15.2. The van der Waals surface area contributed by atoms with E-state index in [1.54, 1.807) is 6.08 Å². The van der Waals surface area contributed by atoms with Gasteiger partial charge in [0, 0.05) is 24.6 Å². The summed E-state index contributed by atoms with van der Waals surface area (Å²) in [6.45, 7) is 2.75. The lowest BCUT2D eigenvalue weighted by Gasteiger charge is -2.42. The molecule has 3 aliphatic heterocycles. The molecule has 0 bridgehead atoms. The molecule has 3 heterocycles. The SMILES string of the molecule is O=C(/C=C/c1ccc2c(c1)OCO2)N1Cc2cc3c(cc2C2(CCCC2)C1)OCCO3. The third-order valence-corrected chi connectivity index (χ3v) is 6.88. The van der Waals surface area contributed by atoms with Crippen molar-refractivity contribution in [1.82, 2.24) is 4.90 Å². The minimum Gasteiger partial charge on any atom is -0.486 e. The van der Waals surface area contributed by atoms with Gasteiger partial charge < -0.3 is 23.8 Å². The number of hydrogen-bond donors (Lipinski definition) is 0. The van der Waals surface area contributed by atoms with Crippen LogP contribution >= 0.6 is 0 Å². The highest BCUT2D eigenvalue weighted by Crippen LogP contribution is 2.49. The summed E-state index contributed by atoms with van der Waals surface area (Å²) in [7, 11) is 0.